The Balaban J connectivity index is 1.60. The summed E-state index contributed by atoms with van der Waals surface area (Å²) >= 11 is 0. The number of hydrogen-bond acceptors (Lipinski definition) is 3. The van der Waals surface area contributed by atoms with Crippen molar-refractivity contribution in [3.63, 3.8) is 0 Å². The van der Waals surface area contributed by atoms with E-state index in [1.54, 1.807) is 0 Å². The van der Waals surface area contributed by atoms with Crippen LogP contribution >= 0.6 is 0 Å². The fourth-order valence-electron chi connectivity index (χ4n) is 3.45. The van der Waals surface area contributed by atoms with Gasteiger partial charge in [0.05, 0.1) is 11.2 Å². The predicted octanol–water partition coefficient (Wildman–Crippen LogP) is 1.20. The van der Waals surface area contributed by atoms with Crippen LogP contribution in [0, 0.1) is 5.92 Å². The molecule has 0 N–H and O–H groups in total. The maximum atomic E-state index is 12.6. The number of carbonyl (C=O) groups is 1. The molecule has 5 nitrogen and oxygen atoms in total. The van der Waals surface area contributed by atoms with Gasteiger partial charge in [-0.05, 0) is 46.0 Å². The average Bonchev–Trinajstić information content (AvgIpc) is 3.09. The zero-order valence-corrected chi connectivity index (χ0v) is 13.1. The van der Waals surface area contributed by atoms with Gasteiger partial charge in [-0.25, -0.2) is 8.42 Å². The minimum atomic E-state index is -3.09. The third kappa shape index (κ3) is 2.37. The highest BCUT2D eigenvalue weighted by atomic mass is 32.2. The molecule has 1 aliphatic carbocycles. The molecular weight excluding hydrogens is 276 g/mol. The first-order valence-corrected chi connectivity index (χ1v) is 9.22. The quantitative estimate of drug-likeness (QED) is 0.787. The first kappa shape index (κ1) is 14.3. The van der Waals surface area contributed by atoms with E-state index in [0.29, 0.717) is 25.2 Å². The van der Waals surface area contributed by atoms with Crippen molar-refractivity contribution in [3.8, 4) is 0 Å². The van der Waals surface area contributed by atoms with Gasteiger partial charge in [0, 0.05) is 25.2 Å². The van der Waals surface area contributed by atoms with Gasteiger partial charge in [-0.15, -0.1) is 0 Å². The minimum absolute atomic E-state index is 0.119. The van der Waals surface area contributed by atoms with E-state index in [9.17, 15) is 13.2 Å². The number of amides is 1. The van der Waals surface area contributed by atoms with Gasteiger partial charge < -0.3 is 4.90 Å². The SMILES string of the molecule is CC1CCCC(C)N1C(=O)C1CN(S(=O)(=O)C2CC2)C1. The third-order valence-electron chi connectivity index (χ3n) is 4.95. The molecule has 2 unspecified atom stereocenters. The van der Waals surface area contributed by atoms with Crippen molar-refractivity contribution in [2.75, 3.05) is 13.1 Å². The van der Waals surface area contributed by atoms with Crippen LogP contribution in [0.2, 0.25) is 0 Å². The number of nitrogens with zero attached hydrogens (tertiary/aromatic N) is 2. The second-order valence-corrected chi connectivity index (χ2v) is 8.85. The van der Waals surface area contributed by atoms with Crippen LogP contribution in [0.5, 0.6) is 0 Å². The van der Waals surface area contributed by atoms with E-state index >= 15 is 0 Å². The van der Waals surface area contributed by atoms with Crippen LogP contribution in [0.1, 0.15) is 46.0 Å². The Morgan fingerprint density at radius 3 is 2.05 bits per heavy atom. The first-order valence-electron chi connectivity index (χ1n) is 7.72. The maximum Gasteiger partial charge on any atom is 0.228 e. The highest BCUT2D eigenvalue weighted by Gasteiger charge is 2.48. The number of rotatable bonds is 3. The summed E-state index contributed by atoms with van der Waals surface area (Å²) in [5.41, 5.74) is 0. The van der Waals surface area contributed by atoms with E-state index in [1.165, 1.54) is 10.7 Å². The number of hydrogen-bond donors (Lipinski definition) is 0. The summed E-state index contributed by atoms with van der Waals surface area (Å²) < 4.78 is 25.6. The third-order valence-corrected chi connectivity index (χ3v) is 7.28. The molecule has 2 saturated heterocycles. The molecule has 6 heteroatoms. The van der Waals surface area contributed by atoms with Gasteiger partial charge in [0.1, 0.15) is 0 Å². The summed E-state index contributed by atoms with van der Waals surface area (Å²) in [6.07, 6.45) is 4.88. The minimum Gasteiger partial charge on any atom is -0.337 e. The molecule has 20 heavy (non-hydrogen) atoms. The second kappa shape index (κ2) is 4.98. The summed E-state index contributed by atoms with van der Waals surface area (Å²) in [6.45, 7) is 5.00. The van der Waals surface area contributed by atoms with Gasteiger partial charge in [0.25, 0.3) is 0 Å². The van der Waals surface area contributed by atoms with E-state index in [1.807, 2.05) is 4.90 Å². The summed E-state index contributed by atoms with van der Waals surface area (Å²) in [5, 5.41) is -0.161. The molecule has 3 aliphatic rings. The monoisotopic (exact) mass is 300 g/mol. The predicted molar refractivity (Wildman–Crippen MR) is 76.6 cm³/mol. The molecule has 2 aliphatic heterocycles. The van der Waals surface area contributed by atoms with Crippen molar-refractivity contribution >= 4 is 15.9 Å². The van der Waals surface area contributed by atoms with E-state index in [-0.39, 0.29) is 17.1 Å². The second-order valence-electron chi connectivity index (χ2n) is 6.63. The Hall–Kier alpha value is -0.620. The first-order chi connectivity index (χ1) is 9.41. The zero-order chi connectivity index (χ0) is 14.5. The van der Waals surface area contributed by atoms with Gasteiger partial charge in [0.2, 0.25) is 15.9 Å². The average molecular weight is 300 g/mol. The van der Waals surface area contributed by atoms with E-state index in [2.05, 4.69) is 13.8 Å². The molecule has 1 saturated carbocycles. The topological polar surface area (TPSA) is 57.7 Å². The van der Waals surface area contributed by atoms with Gasteiger partial charge in [0.15, 0.2) is 0 Å². The van der Waals surface area contributed by atoms with Crippen LogP contribution in [0.25, 0.3) is 0 Å². The lowest BCUT2D eigenvalue weighted by atomic mass is 9.93. The van der Waals surface area contributed by atoms with Gasteiger partial charge in [-0.1, -0.05) is 0 Å². The van der Waals surface area contributed by atoms with Gasteiger partial charge in [-0.3, -0.25) is 4.79 Å². The summed E-state index contributed by atoms with van der Waals surface area (Å²) in [7, 11) is -3.09. The summed E-state index contributed by atoms with van der Waals surface area (Å²) in [5.74, 6) is 0.0403. The molecule has 2 heterocycles. The lowest BCUT2D eigenvalue weighted by Gasteiger charge is -2.45. The lowest BCUT2D eigenvalue weighted by molar-refractivity contribution is -0.145. The fourth-order valence-corrected chi connectivity index (χ4v) is 5.37. The largest absolute Gasteiger partial charge is 0.337 e. The highest BCUT2D eigenvalue weighted by molar-refractivity contribution is 7.90. The molecule has 0 bridgehead atoms. The van der Waals surface area contributed by atoms with Crippen LogP contribution in [0.15, 0.2) is 0 Å². The molecule has 3 rings (SSSR count). The van der Waals surface area contributed by atoms with Crippen LogP contribution in [-0.2, 0) is 14.8 Å². The molecule has 114 valence electrons. The van der Waals surface area contributed by atoms with Gasteiger partial charge >= 0.3 is 0 Å². The molecule has 0 aromatic heterocycles. The van der Waals surface area contributed by atoms with Crippen molar-refractivity contribution in [2.45, 2.75) is 63.3 Å². The lowest BCUT2D eigenvalue weighted by Crippen LogP contribution is -2.60. The summed E-state index contributed by atoms with van der Waals surface area (Å²) in [4.78, 5) is 14.6. The van der Waals surface area contributed by atoms with Crippen LogP contribution < -0.4 is 0 Å². The number of piperidine rings is 1. The molecule has 3 fully saturated rings. The highest BCUT2D eigenvalue weighted by Crippen LogP contribution is 2.35. The molecule has 2 atom stereocenters. The van der Waals surface area contributed by atoms with Crippen molar-refractivity contribution < 1.29 is 13.2 Å². The standard InChI is InChI=1S/C14H24N2O3S/c1-10-4-3-5-11(2)16(10)14(17)12-8-15(9-12)20(18,19)13-6-7-13/h10-13H,3-9H2,1-2H3. The van der Waals surface area contributed by atoms with Crippen LogP contribution in [-0.4, -0.2) is 54.0 Å². The fraction of sp³-hybridized carbons (Fsp3) is 0.929. The molecular formula is C14H24N2O3S. The maximum absolute atomic E-state index is 12.6. The van der Waals surface area contributed by atoms with Crippen molar-refractivity contribution in [3.05, 3.63) is 0 Å². The Kier molecular flexibility index (Phi) is 3.57. The molecule has 0 aromatic rings. The molecule has 0 spiro atoms. The normalized spacial score (nSPS) is 33.0. The van der Waals surface area contributed by atoms with Crippen molar-refractivity contribution in [1.29, 1.82) is 0 Å². The Bertz CT molecular complexity index is 485. The molecule has 1 amide bonds. The summed E-state index contributed by atoms with van der Waals surface area (Å²) in [6, 6.07) is 0.584. The molecule has 0 aromatic carbocycles. The Labute approximate surface area is 121 Å². The van der Waals surface area contributed by atoms with Gasteiger partial charge in [-0.2, -0.15) is 4.31 Å². The Morgan fingerprint density at radius 1 is 1.00 bits per heavy atom. The molecule has 0 radical (unpaired) electrons. The number of likely N-dealkylation sites (tertiary alicyclic amines) is 1. The number of sulfonamides is 1. The smallest absolute Gasteiger partial charge is 0.228 e. The van der Waals surface area contributed by atoms with E-state index in [4.69, 9.17) is 0 Å². The zero-order valence-electron chi connectivity index (χ0n) is 12.3. The number of carbonyl (C=O) groups excluding carboxylic acids is 1. The van der Waals surface area contributed by atoms with Crippen molar-refractivity contribution in [1.82, 2.24) is 9.21 Å². The van der Waals surface area contributed by atoms with E-state index in [0.717, 1.165) is 25.7 Å². The van der Waals surface area contributed by atoms with Crippen molar-refractivity contribution in [2.24, 2.45) is 5.92 Å². The Morgan fingerprint density at radius 2 is 1.55 bits per heavy atom. The van der Waals surface area contributed by atoms with Crippen LogP contribution in [0.3, 0.4) is 0 Å². The van der Waals surface area contributed by atoms with Crippen LogP contribution in [0.4, 0.5) is 0 Å². The van der Waals surface area contributed by atoms with E-state index < -0.39 is 10.0 Å².